The average molecular weight is 483 g/mol. The molecule has 33 heavy (non-hydrogen) atoms. The Kier molecular flexibility index (Phi) is 5.64. The van der Waals surface area contributed by atoms with Gasteiger partial charge in [0, 0.05) is 39.0 Å². The maximum Gasteiger partial charge on any atom is 0.348 e. The number of carboxylic acids is 1. The molecule has 1 unspecified atom stereocenters. The van der Waals surface area contributed by atoms with Crippen LogP contribution in [0.2, 0.25) is 5.02 Å². The van der Waals surface area contributed by atoms with E-state index in [1.165, 1.54) is 18.2 Å². The van der Waals surface area contributed by atoms with Crippen LogP contribution in [-0.4, -0.2) is 26.0 Å². The lowest BCUT2D eigenvalue weighted by Crippen LogP contribution is -2.07. The fourth-order valence-corrected chi connectivity index (χ4v) is 4.88. The summed E-state index contributed by atoms with van der Waals surface area (Å²) >= 11 is 6.99. The van der Waals surface area contributed by atoms with Gasteiger partial charge in [-0.3, -0.25) is 4.98 Å². The van der Waals surface area contributed by atoms with Crippen molar-refractivity contribution < 1.29 is 14.3 Å². The maximum absolute atomic E-state index is 14.5. The van der Waals surface area contributed by atoms with E-state index < -0.39 is 11.8 Å². The SMILES string of the molecule is Nc1ccc(Cl)cc1-c1ccc(C(CC2CC2)c2ncc(-c3csc(C(=O)O)c3F)[nH]2)nc1. The van der Waals surface area contributed by atoms with Gasteiger partial charge in [0.05, 0.1) is 23.5 Å². The van der Waals surface area contributed by atoms with E-state index in [-0.39, 0.29) is 16.4 Å². The standard InChI is InChI=1S/C24H20ClFN4O2S/c25-14-4-5-18(27)15(8-14)13-3-6-19(28-9-13)16(7-12-1-2-12)23-29-10-20(30-23)17-11-33-22(21(17)26)24(31)32/h3-6,8-12,16H,1-2,7,27H2,(H,29,30)(H,31,32). The van der Waals surface area contributed by atoms with E-state index in [1.54, 1.807) is 24.5 Å². The third-order valence-electron chi connectivity index (χ3n) is 5.88. The van der Waals surface area contributed by atoms with Gasteiger partial charge in [-0.25, -0.2) is 14.2 Å². The van der Waals surface area contributed by atoms with Crippen LogP contribution in [-0.2, 0) is 0 Å². The highest BCUT2D eigenvalue weighted by Gasteiger charge is 2.30. The van der Waals surface area contributed by atoms with Crippen molar-refractivity contribution in [1.29, 1.82) is 0 Å². The maximum atomic E-state index is 14.5. The molecule has 9 heteroatoms. The van der Waals surface area contributed by atoms with E-state index in [1.807, 2.05) is 18.2 Å². The molecule has 1 atom stereocenters. The fraction of sp³-hybridized carbons (Fsp3) is 0.208. The van der Waals surface area contributed by atoms with Gasteiger partial charge in [0.25, 0.3) is 0 Å². The Morgan fingerprint density at radius 2 is 2.06 bits per heavy atom. The summed E-state index contributed by atoms with van der Waals surface area (Å²) in [6.45, 7) is 0. The summed E-state index contributed by atoms with van der Waals surface area (Å²) in [7, 11) is 0. The number of nitrogens with one attached hydrogen (secondary N) is 1. The van der Waals surface area contributed by atoms with E-state index in [0.717, 1.165) is 34.6 Å². The number of aromatic nitrogens is 3. The quantitative estimate of drug-likeness (QED) is 0.272. The second kappa shape index (κ2) is 8.61. The number of thiophene rings is 1. The molecular formula is C24H20ClFN4O2S. The average Bonchev–Trinajstić information content (AvgIpc) is 3.35. The lowest BCUT2D eigenvalue weighted by molar-refractivity contribution is 0.0698. The van der Waals surface area contributed by atoms with Crippen molar-refractivity contribution in [3.05, 3.63) is 75.3 Å². The lowest BCUT2D eigenvalue weighted by atomic mass is 9.96. The molecule has 0 amide bonds. The minimum atomic E-state index is -1.28. The van der Waals surface area contributed by atoms with Gasteiger partial charge in [-0.15, -0.1) is 11.3 Å². The number of hydrogen-bond acceptors (Lipinski definition) is 5. The van der Waals surface area contributed by atoms with Gasteiger partial charge in [-0.2, -0.15) is 0 Å². The number of pyridine rings is 1. The predicted octanol–water partition coefficient (Wildman–Crippen LogP) is 6.21. The summed E-state index contributed by atoms with van der Waals surface area (Å²) in [6, 6.07) is 9.25. The first kappa shape index (κ1) is 21.6. The van der Waals surface area contributed by atoms with Gasteiger partial charge in [0.15, 0.2) is 5.82 Å². The van der Waals surface area contributed by atoms with Crippen LogP contribution in [0.25, 0.3) is 22.4 Å². The van der Waals surface area contributed by atoms with Crippen molar-refractivity contribution in [3.63, 3.8) is 0 Å². The highest BCUT2D eigenvalue weighted by Crippen LogP contribution is 2.41. The summed E-state index contributed by atoms with van der Waals surface area (Å²) < 4.78 is 14.5. The topological polar surface area (TPSA) is 105 Å². The van der Waals surface area contributed by atoms with Gasteiger partial charge >= 0.3 is 5.97 Å². The molecule has 4 N–H and O–H groups in total. The molecule has 3 heterocycles. The van der Waals surface area contributed by atoms with Crippen LogP contribution < -0.4 is 5.73 Å². The number of nitrogens with two attached hydrogens (primary N) is 1. The minimum Gasteiger partial charge on any atom is -0.477 e. The Morgan fingerprint density at radius 1 is 1.24 bits per heavy atom. The van der Waals surface area contributed by atoms with Crippen LogP contribution in [0, 0.1) is 11.7 Å². The number of carbonyl (C=O) groups is 1. The number of nitrogen functional groups attached to an aromatic ring is 1. The number of H-pyrrole nitrogens is 1. The van der Waals surface area contributed by atoms with E-state index in [4.69, 9.17) is 27.4 Å². The molecule has 1 fully saturated rings. The molecule has 1 aliphatic rings. The van der Waals surface area contributed by atoms with Crippen molar-refractivity contribution in [3.8, 4) is 22.4 Å². The normalized spacial score (nSPS) is 14.4. The molecule has 6 nitrogen and oxygen atoms in total. The Bertz CT molecular complexity index is 1330. The minimum absolute atomic E-state index is 0.0855. The Morgan fingerprint density at radius 3 is 2.73 bits per heavy atom. The number of nitrogens with zero attached hydrogens (tertiary/aromatic N) is 2. The number of rotatable bonds is 7. The number of aromatic carboxylic acids is 1. The number of anilines is 1. The molecule has 168 valence electrons. The third-order valence-corrected chi connectivity index (χ3v) is 7.05. The monoisotopic (exact) mass is 482 g/mol. The molecule has 0 saturated heterocycles. The molecule has 0 aliphatic heterocycles. The van der Waals surface area contributed by atoms with Crippen molar-refractivity contribution in [2.75, 3.05) is 5.73 Å². The zero-order valence-corrected chi connectivity index (χ0v) is 19.0. The number of imidazole rings is 1. The zero-order valence-electron chi connectivity index (χ0n) is 17.4. The van der Waals surface area contributed by atoms with Crippen LogP contribution >= 0.6 is 22.9 Å². The highest BCUT2D eigenvalue weighted by atomic mass is 35.5. The van der Waals surface area contributed by atoms with Gasteiger partial charge < -0.3 is 15.8 Å². The third kappa shape index (κ3) is 4.36. The van der Waals surface area contributed by atoms with Gasteiger partial charge in [-0.1, -0.05) is 30.5 Å². The molecule has 4 aromatic rings. The molecular weight excluding hydrogens is 463 g/mol. The van der Waals surface area contributed by atoms with E-state index in [0.29, 0.717) is 28.1 Å². The number of halogens is 2. The van der Waals surface area contributed by atoms with Crippen LogP contribution in [0.15, 0.2) is 48.1 Å². The first-order valence-electron chi connectivity index (χ1n) is 10.5. The Balaban J connectivity index is 1.46. The fourth-order valence-electron chi connectivity index (χ4n) is 3.93. The van der Waals surface area contributed by atoms with Gasteiger partial charge in [-0.05, 0) is 36.6 Å². The summed E-state index contributed by atoms with van der Waals surface area (Å²) in [6.07, 6.45) is 6.54. The first-order chi connectivity index (χ1) is 15.9. The van der Waals surface area contributed by atoms with Crippen LogP contribution in [0.4, 0.5) is 10.1 Å². The summed E-state index contributed by atoms with van der Waals surface area (Å²) in [5.74, 6) is -0.826. The van der Waals surface area contributed by atoms with Crippen molar-refractivity contribution in [2.45, 2.75) is 25.2 Å². The van der Waals surface area contributed by atoms with E-state index >= 15 is 0 Å². The first-order valence-corrected chi connectivity index (χ1v) is 11.7. The Hall–Kier alpha value is -3.23. The highest BCUT2D eigenvalue weighted by molar-refractivity contribution is 7.12. The van der Waals surface area contributed by atoms with Crippen LogP contribution in [0.1, 0.15) is 46.4 Å². The molecule has 0 spiro atoms. The predicted molar refractivity (Wildman–Crippen MR) is 127 cm³/mol. The molecule has 0 radical (unpaired) electrons. The summed E-state index contributed by atoms with van der Waals surface area (Å²) in [4.78, 5) is 23.3. The molecule has 1 aliphatic carbocycles. The number of carboxylic acid groups (broad SMARTS) is 1. The van der Waals surface area contributed by atoms with Crippen molar-refractivity contribution in [1.82, 2.24) is 15.0 Å². The molecule has 0 bridgehead atoms. The second-order valence-electron chi connectivity index (χ2n) is 8.21. The molecule has 3 aromatic heterocycles. The van der Waals surface area contributed by atoms with E-state index in [2.05, 4.69) is 9.97 Å². The molecule has 5 rings (SSSR count). The number of hydrogen-bond donors (Lipinski definition) is 3. The van der Waals surface area contributed by atoms with Crippen molar-refractivity contribution in [2.24, 2.45) is 5.92 Å². The van der Waals surface area contributed by atoms with Gasteiger partial charge in [0.2, 0.25) is 0 Å². The van der Waals surface area contributed by atoms with Gasteiger partial charge in [0.1, 0.15) is 10.7 Å². The van der Waals surface area contributed by atoms with Crippen LogP contribution in [0.3, 0.4) is 0 Å². The zero-order chi connectivity index (χ0) is 23.1. The number of benzene rings is 1. The summed E-state index contributed by atoms with van der Waals surface area (Å²) in [5, 5.41) is 11.2. The largest absolute Gasteiger partial charge is 0.477 e. The van der Waals surface area contributed by atoms with Crippen molar-refractivity contribution >= 4 is 34.6 Å². The van der Waals surface area contributed by atoms with E-state index in [9.17, 15) is 9.18 Å². The second-order valence-corrected chi connectivity index (χ2v) is 9.53. The Labute approximate surface area is 198 Å². The number of aromatic amines is 1. The van der Waals surface area contributed by atoms with Crippen LogP contribution in [0.5, 0.6) is 0 Å². The summed E-state index contributed by atoms with van der Waals surface area (Å²) in [5.41, 5.74) is 9.93. The molecule has 1 aromatic carbocycles. The molecule has 1 saturated carbocycles. The smallest absolute Gasteiger partial charge is 0.348 e. The lowest BCUT2D eigenvalue weighted by Gasteiger charge is -2.15.